The molecule has 0 amide bonds. The second kappa shape index (κ2) is 10.00. The number of methoxy groups -OCH3 is 1. The molecule has 4 heteroatoms. The number of unbranched alkanes of at least 4 members (excludes halogenated alkanes) is 1. The Balaban J connectivity index is 1.72. The zero-order valence-corrected chi connectivity index (χ0v) is 17.0. The van der Waals surface area contributed by atoms with Gasteiger partial charge in [0, 0.05) is 9.79 Å². The third-order valence-corrected chi connectivity index (χ3v) is 5.43. The summed E-state index contributed by atoms with van der Waals surface area (Å²) in [6.45, 7) is 2.54. The van der Waals surface area contributed by atoms with Gasteiger partial charge in [-0.1, -0.05) is 61.5 Å². The van der Waals surface area contributed by atoms with Crippen LogP contribution in [0.3, 0.4) is 0 Å². The molecule has 0 unspecified atom stereocenters. The monoisotopic (exact) mass is 392 g/mol. The highest BCUT2D eigenvalue weighted by Crippen LogP contribution is 2.32. The van der Waals surface area contributed by atoms with E-state index in [4.69, 9.17) is 9.47 Å². The van der Waals surface area contributed by atoms with Crippen LogP contribution in [-0.2, 0) is 4.74 Å². The Bertz CT molecular complexity index is 902. The van der Waals surface area contributed by atoms with Crippen LogP contribution >= 0.6 is 11.8 Å². The third kappa shape index (κ3) is 5.17. The SMILES string of the molecule is CCCCOC(=O)c1ccccc1Sc1ccc(-c2ccc(OC)cc2)cc1. The molecule has 0 saturated heterocycles. The number of hydrogen-bond donors (Lipinski definition) is 0. The van der Waals surface area contributed by atoms with Gasteiger partial charge in [0.15, 0.2) is 0 Å². The highest BCUT2D eigenvalue weighted by atomic mass is 32.2. The summed E-state index contributed by atoms with van der Waals surface area (Å²) in [6.07, 6.45) is 1.89. The smallest absolute Gasteiger partial charge is 0.339 e. The van der Waals surface area contributed by atoms with Gasteiger partial charge < -0.3 is 9.47 Å². The maximum atomic E-state index is 12.4. The third-order valence-electron chi connectivity index (χ3n) is 4.34. The number of rotatable bonds is 8. The molecule has 0 fully saturated rings. The van der Waals surface area contributed by atoms with Crippen LogP contribution in [-0.4, -0.2) is 19.7 Å². The van der Waals surface area contributed by atoms with Gasteiger partial charge in [0.1, 0.15) is 5.75 Å². The van der Waals surface area contributed by atoms with E-state index in [1.807, 2.05) is 48.5 Å². The second-order valence-corrected chi connectivity index (χ2v) is 7.46. The van der Waals surface area contributed by atoms with E-state index in [9.17, 15) is 4.79 Å². The van der Waals surface area contributed by atoms with Crippen molar-refractivity contribution in [3.8, 4) is 16.9 Å². The van der Waals surface area contributed by atoms with Crippen LogP contribution in [0, 0.1) is 0 Å². The topological polar surface area (TPSA) is 35.5 Å². The molecular formula is C24H24O3S. The average molecular weight is 393 g/mol. The lowest BCUT2D eigenvalue weighted by Crippen LogP contribution is -2.07. The standard InChI is InChI=1S/C24H24O3S/c1-3-4-17-27-24(25)22-7-5-6-8-23(22)28-21-15-11-19(12-16-21)18-9-13-20(26-2)14-10-18/h5-16H,3-4,17H2,1-2H3. The minimum atomic E-state index is -0.258. The van der Waals surface area contributed by atoms with Gasteiger partial charge >= 0.3 is 5.97 Å². The zero-order valence-electron chi connectivity index (χ0n) is 16.2. The summed E-state index contributed by atoms with van der Waals surface area (Å²) in [7, 11) is 1.67. The van der Waals surface area contributed by atoms with Crippen molar-refractivity contribution in [1.82, 2.24) is 0 Å². The van der Waals surface area contributed by atoms with Crippen molar-refractivity contribution < 1.29 is 14.3 Å². The Labute approximate surface area is 170 Å². The first kappa shape index (κ1) is 20.0. The fraction of sp³-hybridized carbons (Fsp3) is 0.208. The first-order valence-electron chi connectivity index (χ1n) is 9.39. The van der Waals surface area contributed by atoms with Gasteiger partial charge in [-0.15, -0.1) is 0 Å². The largest absolute Gasteiger partial charge is 0.497 e. The fourth-order valence-corrected chi connectivity index (χ4v) is 3.67. The predicted octanol–water partition coefficient (Wildman–Crippen LogP) is 6.47. The number of hydrogen-bond acceptors (Lipinski definition) is 4. The molecule has 0 heterocycles. The zero-order chi connectivity index (χ0) is 19.8. The van der Waals surface area contributed by atoms with Crippen LogP contribution in [0.1, 0.15) is 30.1 Å². The molecule has 0 saturated carbocycles. The second-order valence-electron chi connectivity index (χ2n) is 6.34. The van der Waals surface area contributed by atoms with Gasteiger partial charge in [-0.2, -0.15) is 0 Å². The molecule has 0 N–H and O–H groups in total. The van der Waals surface area contributed by atoms with Gasteiger partial charge in [0.05, 0.1) is 19.3 Å². The van der Waals surface area contributed by atoms with Gasteiger partial charge in [-0.3, -0.25) is 0 Å². The van der Waals surface area contributed by atoms with Crippen molar-refractivity contribution in [3.05, 3.63) is 78.4 Å². The minimum absolute atomic E-state index is 0.258. The van der Waals surface area contributed by atoms with Crippen LogP contribution in [0.5, 0.6) is 5.75 Å². The molecule has 28 heavy (non-hydrogen) atoms. The molecule has 3 rings (SSSR count). The molecule has 0 spiro atoms. The van der Waals surface area contributed by atoms with Gasteiger partial charge in [0.2, 0.25) is 0 Å². The Kier molecular flexibility index (Phi) is 7.15. The van der Waals surface area contributed by atoms with Crippen LogP contribution in [0.4, 0.5) is 0 Å². The van der Waals surface area contributed by atoms with Crippen LogP contribution < -0.4 is 4.74 Å². The highest BCUT2D eigenvalue weighted by molar-refractivity contribution is 7.99. The molecule has 0 aliphatic rings. The van der Waals surface area contributed by atoms with E-state index in [0.29, 0.717) is 12.2 Å². The molecule has 3 nitrogen and oxygen atoms in total. The molecule has 0 bridgehead atoms. The average Bonchev–Trinajstić information content (AvgIpc) is 2.75. The molecule has 0 aliphatic carbocycles. The minimum Gasteiger partial charge on any atom is -0.497 e. The normalized spacial score (nSPS) is 10.5. The van der Waals surface area contributed by atoms with Crippen LogP contribution in [0.15, 0.2) is 82.6 Å². The van der Waals surface area contributed by atoms with Crippen molar-refractivity contribution in [3.63, 3.8) is 0 Å². The molecule has 3 aromatic carbocycles. The first-order valence-corrected chi connectivity index (χ1v) is 10.2. The summed E-state index contributed by atoms with van der Waals surface area (Å²) in [5.74, 6) is 0.588. The van der Waals surface area contributed by atoms with E-state index in [-0.39, 0.29) is 5.97 Å². The number of ether oxygens (including phenoxy) is 2. The van der Waals surface area contributed by atoms with E-state index >= 15 is 0 Å². The summed E-state index contributed by atoms with van der Waals surface area (Å²) in [6, 6.07) is 23.9. The van der Waals surface area contributed by atoms with E-state index in [2.05, 4.69) is 31.2 Å². The fourth-order valence-electron chi connectivity index (χ4n) is 2.74. The lowest BCUT2D eigenvalue weighted by atomic mass is 10.1. The molecule has 0 atom stereocenters. The number of benzene rings is 3. The van der Waals surface area contributed by atoms with E-state index < -0.39 is 0 Å². The maximum absolute atomic E-state index is 12.4. The Morgan fingerprint density at radius 3 is 2.18 bits per heavy atom. The maximum Gasteiger partial charge on any atom is 0.339 e. The highest BCUT2D eigenvalue weighted by Gasteiger charge is 2.13. The van der Waals surface area contributed by atoms with E-state index in [1.54, 1.807) is 18.9 Å². The Morgan fingerprint density at radius 1 is 0.893 bits per heavy atom. The molecule has 0 aromatic heterocycles. The van der Waals surface area contributed by atoms with Gasteiger partial charge in [0.25, 0.3) is 0 Å². The predicted molar refractivity (Wildman–Crippen MR) is 114 cm³/mol. The summed E-state index contributed by atoms with van der Waals surface area (Å²) in [5.41, 5.74) is 2.89. The first-order chi connectivity index (χ1) is 13.7. The Hall–Kier alpha value is -2.72. The number of carbonyl (C=O) groups is 1. The van der Waals surface area contributed by atoms with Crippen LogP contribution in [0.25, 0.3) is 11.1 Å². The van der Waals surface area contributed by atoms with E-state index in [1.165, 1.54) is 0 Å². The lowest BCUT2D eigenvalue weighted by molar-refractivity contribution is 0.0495. The van der Waals surface area contributed by atoms with Gasteiger partial charge in [-0.05, 0) is 53.9 Å². The summed E-state index contributed by atoms with van der Waals surface area (Å²) in [5, 5.41) is 0. The van der Waals surface area contributed by atoms with Gasteiger partial charge in [-0.25, -0.2) is 4.79 Å². The van der Waals surface area contributed by atoms with Crippen molar-refractivity contribution in [1.29, 1.82) is 0 Å². The molecule has 0 radical (unpaired) electrons. The molecule has 144 valence electrons. The van der Waals surface area contributed by atoms with Crippen molar-refractivity contribution in [2.75, 3.05) is 13.7 Å². The summed E-state index contributed by atoms with van der Waals surface area (Å²) >= 11 is 1.57. The lowest BCUT2D eigenvalue weighted by Gasteiger charge is -2.10. The molecule has 3 aromatic rings. The van der Waals surface area contributed by atoms with Crippen molar-refractivity contribution >= 4 is 17.7 Å². The van der Waals surface area contributed by atoms with Crippen molar-refractivity contribution in [2.24, 2.45) is 0 Å². The Morgan fingerprint density at radius 2 is 1.54 bits per heavy atom. The molecular weight excluding hydrogens is 368 g/mol. The number of carbonyl (C=O) groups excluding carboxylic acids is 1. The quantitative estimate of drug-likeness (QED) is 0.325. The van der Waals surface area contributed by atoms with E-state index in [0.717, 1.165) is 39.5 Å². The van der Waals surface area contributed by atoms with Crippen LogP contribution in [0.2, 0.25) is 0 Å². The van der Waals surface area contributed by atoms with Crippen molar-refractivity contribution in [2.45, 2.75) is 29.6 Å². The molecule has 0 aliphatic heterocycles. The summed E-state index contributed by atoms with van der Waals surface area (Å²) in [4.78, 5) is 14.4. The number of esters is 1. The summed E-state index contributed by atoms with van der Waals surface area (Å²) < 4.78 is 10.6.